The van der Waals surface area contributed by atoms with Crippen molar-refractivity contribution in [3.8, 4) is 17.1 Å². The zero-order valence-corrected chi connectivity index (χ0v) is 17.4. The topological polar surface area (TPSA) is 96.4 Å². The van der Waals surface area contributed by atoms with E-state index >= 15 is 0 Å². The molecule has 0 unspecified atom stereocenters. The first-order valence-electron chi connectivity index (χ1n) is 10.6. The van der Waals surface area contributed by atoms with Crippen molar-refractivity contribution in [2.24, 2.45) is 0 Å². The van der Waals surface area contributed by atoms with Gasteiger partial charge in [0.05, 0.1) is 6.54 Å². The van der Waals surface area contributed by atoms with Crippen LogP contribution in [0.15, 0.2) is 42.9 Å². The van der Waals surface area contributed by atoms with Crippen molar-refractivity contribution >= 4 is 23.5 Å². The first kappa shape index (κ1) is 20.1. The fourth-order valence-corrected chi connectivity index (χ4v) is 3.90. The lowest BCUT2D eigenvalue weighted by Crippen LogP contribution is -2.42. The smallest absolute Gasteiger partial charge is 0.328 e. The molecule has 0 bridgehead atoms. The molecule has 0 saturated carbocycles. The molecule has 3 aromatic rings. The normalized spacial score (nSPS) is 15.7. The number of ether oxygens (including phenoxy) is 1. The van der Waals surface area contributed by atoms with Gasteiger partial charge in [0.15, 0.2) is 17.5 Å². The summed E-state index contributed by atoms with van der Waals surface area (Å²) in [6.45, 7) is 2.29. The summed E-state index contributed by atoms with van der Waals surface area (Å²) < 4.78 is 19.9. The van der Waals surface area contributed by atoms with Gasteiger partial charge in [-0.1, -0.05) is 12.1 Å². The first-order chi connectivity index (χ1) is 15.7. The highest BCUT2D eigenvalue weighted by Gasteiger charge is 2.32. The molecule has 1 N–H and O–H groups in total. The standard InChI is InChI=1S/C22H22FN7O2/c23-16-6-4-5-15(13-16)19-27-20(29-9-2-1-3-10-29)18-21(28-19)30(11-12-32-18)22(31)26-17-7-8-24-14-25-17/h4-8,13-14H,1-3,9-12H2,(H,24,25,26,31). The van der Waals surface area contributed by atoms with Crippen LogP contribution in [0.25, 0.3) is 11.4 Å². The van der Waals surface area contributed by atoms with Crippen LogP contribution >= 0.6 is 0 Å². The van der Waals surface area contributed by atoms with Gasteiger partial charge in [-0.2, -0.15) is 0 Å². The zero-order chi connectivity index (χ0) is 21.9. The monoisotopic (exact) mass is 435 g/mol. The molecule has 164 valence electrons. The highest BCUT2D eigenvalue weighted by molar-refractivity contribution is 6.02. The Kier molecular flexibility index (Phi) is 5.49. The fraction of sp³-hybridized carbons (Fsp3) is 0.318. The van der Waals surface area contributed by atoms with E-state index in [1.807, 2.05) is 0 Å². The highest BCUT2D eigenvalue weighted by atomic mass is 19.1. The largest absolute Gasteiger partial charge is 0.485 e. The summed E-state index contributed by atoms with van der Waals surface area (Å²) in [7, 11) is 0. The lowest BCUT2D eigenvalue weighted by molar-refractivity contribution is 0.249. The molecule has 0 atom stereocenters. The number of carbonyl (C=O) groups excluding carboxylic acids is 1. The number of rotatable bonds is 3. The fourth-order valence-electron chi connectivity index (χ4n) is 3.90. The molecular weight excluding hydrogens is 413 g/mol. The highest BCUT2D eigenvalue weighted by Crippen LogP contribution is 2.40. The van der Waals surface area contributed by atoms with Crippen LogP contribution in [0.4, 0.5) is 26.6 Å². The number of urea groups is 1. The Morgan fingerprint density at radius 2 is 1.91 bits per heavy atom. The van der Waals surface area contributed by atoms with Crippen LogP contribution in [0.3, 0.4) is 0 Å². The number of nitrogens with zero attached hydrogens (tertiary/aromatic N) is 6. The SMILES string of the molecule is O=C(Nc1ccncn1)N1CCOc2c(N3CCCCC3)nc(-c3cccc(F)c3)nc21. The summed E-state index contributed by atoms with van der Waals surface area (Å²) in [6.07, 6.45) is 6.17. The third-order valence-electron chi connectivity index (χ3n) is 5.45. The van der Waals surface area contributed by atoms with E-state index in [1.54, 1.807) is 24.4 Å². The van der Waals surface area contributed by atoms with Gasteiger partial charge in [-0.3, -0.25) is 10.2 Å². The molecule has 0 radical (unpaired) electrons. The Hall–Kier alpha value is -3.82. The van der Waals surface area contributed by atoms with Gasteiger partial charge >= 0.3 is 6.03 Å². The van der Waals surface area contributed by atoms with Gasteiger partial charge in [-0.15, -0.1) is 0 Å². The van der Waals surface area contributed by atoms with Crippen LogP contribution in [0, 0.1) is 5.82 Å². The Morgan fingerprint density at radius 3 is 2.69 bits per heavy atom. The Morgan fingerprint density at radius 1 is 1.06 bits per heavy atom. The van der Waals surface area contributed by atoms with Crippen molar-refractivity contribution in [3.05, 3.63) is 48.7 Å². The average Bonchev–Trinajstić information content (AvgIpc) is 2.84. The molecule has 0 aliphatic carbocycles. The molecule has 32 heavy (non-hydrogen) atoms. The summed E-state index contributed by atoms with van der Waals surface area (Å²) in [5.41, 5.74) is 0.535. The van der Waals surface area contributed by atoms with Crippen LogP contribution < -0.4 is 19.9 Å². The molecular formula is C22H22FN7O2. The van der Waals surface area contributed by atoms with Crippen LogP contribution in [-0.4, -0.2) is 52.2 Å². The molecule has 1 fully saturated rings. The Labute approximate surface area is 184 Å². The van der Waals surface area contributed by atoms with Crippen molar-refractivity contribution in [2.45, 2.75) is 19.3 Å². The maximum atomic E-state index is 13.9. The molecule has 4 heterocycles. The second-order valence-corrected chi connectivity index (χ2v) is 7.61. The lowest BCUT2D eigenvalue weighted by atomic mass is 10.1. The maximum Gasteiger partial charge on any atom is 0.328 e. The number of anilines is 3. The third kappa shape index (κ3) is 4.03. The van der Waals surface area contributed by atoms with Crippen LogP contribution in [0.5, 0.6) is 5.75 Å². The predicted octanol–water partition coefficient (Wildman–Crippen LogP) is 3.49. The van der Waals surface area contributed by atoms with E-state index in [-0.39, 0.29) is 11.8 Å². The minimum atomic E-state index is -0.387. The number of carbonyl (C=O) groups is 1. The van der Waals surface area contributed by atoms with Gasteiger partial charge < -0.3 is 9.64 Å². The van der Waals surface area contributed by atoms with Gasteiger partial charge in [-0.25, -0.2) is 29.1 Å². The van der Waals surface area contributed by atoms with Crippen molar-refractivity contribution in [1.82, 2.24) is 19.9 Å². The summed E-state index contributed by atoms with van der Waals surface area (Å²) in [4.78, 5) is 34.0. The summed E-state index contributed by atoms with van der Waals surface area (Å²) in [5.74, 6) is 1.81. The molecule has 0 spiro atoms. The van der Waals surface area contributed by atoms with Crippen molar-refractivity contribution < 1.29 is 13.9 Å². The number of piperidine rings is 1. The average molecular weight is 435 g/mol. The Bertz CT molecular complexity index is 1120. The van der Waals surface area contributed by atoms with E-state index in [9.17, 15) is 9.18 Å². The molecule has 1 aromatic carbocycles. The van der Waals surface area contributed by atoms with E-state index in [4.69, 9.17) is 9.72 Å². The summed E-state index contributed by atoms with van der Waals surface area (Å²) in [6, 6.07) is 7.34. The molecule has 2 amide bonds. The third-order valence-corrected chi connectivity index (χ3v) is 5.45. The maximum absolute atomic E-state index is 13.9. The minimum Gasteiger partial charge on any atom is -0.485 e. The Balaban J connectivity index is 1.58. The number of nitrogens with one attached hydrogen (secondary N) is 1. The van der Waals surface area contributed by atoms with Crippen molar-refractivity contribution in [2.75, 3.05) is 41.4 Å². The second kappa shape index (κ2) is 8.74. The van der Waals surface area contributed by atoms with Gasteiger partial charge in [0.1, 0.15) is 24.6 Å². The minimum absolute atomic E-state index is 0.308. The number of hydrogen-bond donors (Lipinski definition) is 1. The van der Waals surface area contributed by atoms with Crippen LogP contribution in [0.2, 0.25) is 0 Å². The van der Waals surface area contributed by atoms with Crippen LogP contribution in [-0.2, 0) is 0 Å². The lowest BCUT2D eigenvalue weighted by Gasteiger charge is -2.34. The van der Waals surface area contributed by atoms with E-state index in [0.717, 1.165) is 32.4 Å². The van der Waals surface area contributed by atoms with E-state index in [0.29, 0.717) is 47.7 Å². The second-order valence-electron chi connectivity index (χ2n) is 7.61. The first-order valence-corrected chi connectivity index (χ1v) is 10.6. The van der Waals surface area contributed by atoms with Gasteiger partial charge in [-0.05, 0) is 37.5 Å². The number of benzene rings is 1. The number of amides is 2. The molecule has 1 saturated heterocycles. The van der Waals surface area contributed by atoms with E-state index in [1.165, 1.54) is 23.4 Å². The summed E-state index contributed by atoms with van der Waals surface area (Å²) in [5, 5.41) is 2.77. The number of halogens is 1. The van der Waals surface area contributed by atoms with Crippen molar-refractivity contribution in [3.63, 3.8) is 0 Å². The number of aromatic nitrogens is 4. The predicted molar refractivity (Wildman–Crippen MR) is 117 cm³/mol. The number of fused-ring (bicyclic) bond motifs is 1. The molecule has 5 rings (SSSR count). The quantitative estimate of drug-likeness (QED) is 0.673. The van der Waals surface area contributed by atoms with Crippen LogP contribution in [0.1, 0.15) is 19.3 Å². The molecule has 2 aliphatic rings. The van der Waals surface area contributed by atoms with Gasteiger partial charge in [0.2, 0.25) is 5.75 Å². The van der Waals surface area contributed by atoms with E-state index in [2.05, 4.69) is 25.2 Å². The molecule has 10 heteroatoms. The number of hydrogen-bond acceptors (Lipinski definition) is 7. The molecule has 9 nitrogen and oxygen atoms in total. The molecule has 2 aliphatic heterocycles. The summed E-state index contributed by atoms with van der Waals surface area (Å²) >= 11 is 0. The van der Waals surface area contributed by atoms with Gasteiger partial charge in [0.25, 0.3) is 0 Å². The van der Waals surface area contributed by atoms with Crippen molar-refractivity contribution in [1.29, 1.82) is 0 Å². The van der Waals surface area contributed by atoms with Gasteiger partial charge in [0, 0.05) is 24.8 Å². The molecule has 2 aromatic heterocycles. The van der Waals surface area contributed by atoms with E-state index < -0.39 is 0 Å². The zero-order valence-electron chi connectivity index (χ0n) is 17.4.